The molecule has 0 aromatic rings. The van der Waals surface area contributed by atoms with Gasteiger partial charge in [0.15, 0.2) is 0 Å². The third kappa shape index (κ3) is 7.23. The molecule has 0 saturated heterocycles. The van der Waals surface area contributed by atoms with Crippen LogP contribution in [0.1, 0.15) is 33.1 Å². The van der Waals surface area contributed by atoms with Crippen LogP contribution in [-0.2, 0) is 24.3 Å². The maximum atomic E-state index is 11.5. The molecule has 106 valence electrons. The Bertz CT molecular complexity index is 378. The second-order valence-corrected chi connectivity index (χ2v) is 5.54. The number of esters is 1. The van der Waals surface area contributed by atoms with Crippen LogP contribution in [0.4, 0.5) is 0 Å². The van der Waals surface area contributed by atoms with E-state index in [1.165, 1.54) is 0 Å². The molecule has 18 heavy (non-hydrogen) atoms. The Morgan fingerprint density at radius 2 is 1.94 bits per heavy atom. The van der Waals surface area contributed by atoms with E-state index >= 15 is 0 Å². The third-order valence-electron chi connectivity index (χ3n) is 2.08. The number of hydrogen-bond donors (Lipinski definition) is 2. The number of carbonyl (C=O) groups excluding carboxylic acids is 1. The Morgan fingerprint density at radius 1 is 1.33 bits per heavy atom. The van der Waals surface area contributed by atoms with Crippen molar-refractivity contribution in [2.24, 2.45) is 0 Å². The zero-order valence-electron chi connectivity index (χ0n) is 10.5. The van der Waals surface area contributed by atoms with Gasteiger partial charge in [0.05, 0.1) is 18.8 Å². The van der Waals surface area contributed by atoms with Crippen molar-refractivity contribution in [1.82, 2.24) is 4.72 Å². The predicted octanol–water partition coefficient (Wildman–Crippen LogP) is 0.112. The molecule has 0 fully saturated rings. The van der Waals surface area contributed by atoms with Gasteiger partial charge >= 0.3 is 11.9 Å². The van der Waals surface area contributed by atoms with Crippen molar-refractivity contribution in [3.63, 3.8) is 0 Å². The van der Waals surface area contributed by atoms with Crippen LogP contribution in [0.2, 0.25) is 0 Å². The molecule has 0 radical (unpaired) electrons. The number of ether oxygens (including phenoxy) is 1. The van der Waals surface area contributed by atoms with Gasteiger partial charge < -0.3 is 9.84 Å². The van der Waals surface area contributed by atoms with Crippen LogP contribution >= 0.6 is 0 Å². The summed E-state index contributed by atoms with van der Waals surface area (Å²) in [4.78, 5) is 21.8. The topological polar surface area (TPSA) is 110 Å². The van der Waals surface area contributed by atoms with Crippen LogP contribution in [0, 0.1) is 0 Å². The van der Waals surface area contributed by atoms with Gasteiger partial charge in [-0.15, -0.1) is 0 Å². The van der Waals surface area contributed by atoms with Crippen LogP contribution in [0.25, 0.3) is 0 Å². The number of rotatable bonds is 9. The maximum Gasteiger partial charge on any atom is 0.321 e. The molecule has 0 bridgehead atoms. The van der Waals surface area contributed by atoms with Gasteiger partial charge in [-0.3, -0.25) is 9.59 Å². The van der Waals surface area contributed by atoms with Crippen LogP contribution in [0.15, 0.2) is 0 Å². The fraction of sp³-hybridized carbons (Fsp3) is 0.800. The molecule has 0 spiro atoms. The second kappa shape index (κ2) is 8.04. The fourth-order valence-electron chi connectivity index (χ4n) is 1.25. The number of hydrogen-bond acceptors (Lipinski definition) is 5. The molecular formula is C10H19NO6S. The minimum atomic E-state index is -3.79. The van der Waals surface area contributed by atoms with Gasteiger partial charge in [0.25, 0.3) is 0 Å². The van der Waals surface area contributed by atoms with E-state index in [4.69, 9.17) is 5.11 Å². The van der Waals surface area contributed by atoms with E-state index < -0.39 is 33.8 Å². The van der Waals surface area contributed by atoms with Gasteiger partial charge in [-0.1, -0.05) is 13.3 Å². The average molecular weight is 281 g/mol. The molecule has 0 heterocycles. The Labute approximate surface area is 107 Å². The van der Waals surface area contributed by atoms with Crippen molar-refractivity contribution in [1.29, 1.82) is 0 Å². The number of carbonyl (C=O) groups is 2. The van der Waals surface area contributed by atoms with Gasteiger partial charge in [-0.25, -0.2) is 13.1 Å². The molecule has 0 aliphatic rings. The van der Waals surface area contributed by atoms with E-state index in [1.54, 1.807) is 13.8 Å². The van der Waals surface area contributed by atoms with Gasteiger partial charge in [-0.2, -0.15) is 0 Å². The van der Waals surface area contributed by atoms with E-state index in [0.717, 1.165) is 0 Å². The summed E-state index contributed by atoms with van der Waals surface area (Å²) in [5.74, 6) is -2.32. The third-order valence-corrected chi connectivity index (χ3v) is 3.46. The van der Waals surface area contributed by atoms with Gasteiger partial charge in [0.1, 0.15) is 6.04 Å². The summed E-state index contributed by atoms with van der Waals surface area (Å²) in [6, 6.07) is -1.15. The first-order valence-corrected chi connectivity index (χ1v) is 7.36. The summed E-state index contributed by atoms with van der Waals surface area (Å²) in [6.07, 6.45) is 0.451. The highest BCUT2D eigenvalue weighted by Crippen LogP contribution is 2.01. The molecule has 0 amide bonds. The molecule has 1 atom stereocenters. The van der Waals surface area contributed by atoms with Crippen molar-refractivity contribution in [2.75, 3.05) is 12.4 Å². The fourth-order valence-corrected chi connectivity index (χ4v) is 2.45. The molecule has 0 aliphatic heterocycles. The van der Waals surface area contributed by atoms with Crippen LogP contribution in [-0.4, -0.2) is 43.9 Å². The van der Waals surface area contributed by atoms with Crippen LogP contribution in [0.3, 0.4) is 0 Å². The summed E-state index contributed by atoms with van der Waals surface area (Å²) >= 11 is 0. The molecule has 0 unspecified atom stereocenters. The molecule has 0 aliphatic carbocycles. The first-order valence-electron chi connectivity index (χ1n) is 5.70. The summed E-state index contributed by atoms with van der Waals surface area (Å²) in [5, 5.41) is 8.81. The standard InChI is InChI=1S/C10H19NO6S/c1-3-5-8(10(13)14)11-18(15,16)7-6-9(12)17-4-2/h8,11H,3-7H2,1-2H3,(H,13,14)/t8-/m0/s1. The smallest absolute Gasteiger partial charge is 0.321 e. The molecule has 2 N–H and O–H groups in total. The summed E-state index contributed by atoms with van der Waals surface area (Å²) in [7, 11) is -3.79. The molecule has 0 aromatic carbocycles. The molecule has 0 rings (SSSR count). The highest BCUT2D eigenvalue weighted by molar-refractivity contribution is 7.89. The van der Waals surface area contributed by atoms with Crippen molar-refractivity contribution in [2.45, 2.75) is 39.2 Å². The Morgan fingerprint density at radius 3 is 2.39 bits per heavy atom. The van der Waals surface area contributed by atoms with E-state index in [-0.39, 0.29) is 19.4 Å². The molecule has 7 nitrogen and oxygen atoms in total. The number of nitrogens with one attached hydrogen (secondary N) is 1. The number of carboxylic acids is 1. The van der Waals surface area contributed by atoms with Crippen molar-refractivity contribution in [3.05, 3.63) is 0 Å². The lowest BCUT2D eigenvalue weighted by molar-refractivity contribution is -0.142. The highest BCUT2D eigenvalue weighted by Gasteiger charge is 2.23. The number of sulfonamides is 1. The van der Waals surface area contributed by atoms with Crippen molar-refractivity contribution < 1.29 is 27.9 Å². The van der Waals surface area contributed by atoms with E-state index in [0.29, 0.717) is 6.42 Å². The lowest BCUT2D eigenvalue weighted by Gasteiger charge is -2.13. The van der Waals surface area contributed by atoms with Crippen LogP contribution in [0.5, 0.6) is 0 Å². The maximum absolute atomic E-state index is 11.5. The van der Waals surface area contributed by atoms with Crippen molar-refractivity contribution in [3.8, 4) is 0 Å². The zero-order valence-corrected chi connectivity index (χ0v) is 11.3. The normalized spacial score (nSPS) is 13.0. The predicted molar refractivity (Wildman–Crippen MR) is 64.5 cm³/mol. The minimum absolute atomic E-state index is 0.180. The van der Waals surface area contributed by atoms with Crippen LogP contribution < -0.4 is 4.72 Å². The summed E-state index contributed by atoms with van der Waals surface area (Å²) < 4.78 is 29.7. The molecule has 8 heteroatoms. The summed E-state index contributed by atoms with van der Waals surface area (Å²) in [5.41, 5.74) is 0. The summed E-state index contributed by atoms with van der Waals surface area (Å²) in [6.45, 7) is 3.55. The minimum Gasteiger partial charge on any atom is -0.480 e. The number of carboxylic acid groups (broad SMARTS) is 1. The average Bonchev–Trinajstić information content (AvgIpc) is 2.26. The van der Waals surface area contributed by atoms with Gasteiger partial charge in [0.2, 0.25) is 10.0 Å². The van der Waals surface area contributed by atoms with Gasteiger partial charge in [0, 0.05) is 0 Å². The Kier molecular flexibility index (Phi) is 7.53. The Hall–Kier alpha value is -1.15. The SMILES string of the molecule is CCC[C@H](NS(=O)(=O)CCC(=O)OCC)C(=O)O. The van der Waals surface area contributed by atoms with E-state index in [9.17, 15) is 18.0 Å². The van der Waals surface area contributed by atoms with Crippen molar-refractivity contribution >= 4 is 22.0 Å². The molecular weight excluding hydrogens is 262 g/mol. The zero-order chi connectivity index (χ0) is 14.2. The first kappa shape index (κ1) is 16.9. The lowest BCUT2D eigenvalue weighted by atomic mass is 10.2. The largest absolute Gasteiger partial charge is 0.480 e. The number of aliphatic carboxylic acids is 1. The second-order valence-electron chi connectivity index (χ2n) is 3.67. The monoisotopic (exact) mass is 281 g/mol. The van der Waals surface area contributed by atoms with E-state index in [1.807, 2.05) is 0 Å². The molecule has 0 saturated carbocycles. The first-order chi connectivity index (χ1) is 8.32. The highest BCUT2D eigenvalue weighted by atomic mass is 32.2. The quantitative estimate of drug-likeness (QED) is 0.581. The lowest BCUT2D eigenvalue weighted by Crippen LogP contribution is -2.42. The van der Waals surface area contributed by atoms with Gasteiger partial charge in [-0.05, 0) is 13.3 Å². The molecule has 0 aromatic heterocycles. The Balaban J connectivity index is 4.36. The van der Waals surface area contributed by atoms with E-state index in [2.05, 4.69) is 9.46 Å².